The van der Waals surface area contributed by atoms with Gasteiger partial charge in [-0.15, -0.1) is 0 Å². The van der Waals surface area contributed by atoms with E-state index in [-0.39, 0.29) is 17.5 Å². The van der Waals surface area contributed by atoms with Gasteiger partial charge in [0, 0.05) is 20.1 Å². The Morgan fingerprint density at radius 2 is 1.93 bits per heavy atom. The summed E-state index contributed by atoms with van der Waals surface area (Å²) in [6, 6.07) is 6.87. The molecule has 27 heavy (non-hydrogen) atoms. The molecule has 146 valence electrons. The minimum Gasteiger partial charge on any atom is -0.490 e. The van der Waals surface area contributed by atoms with E-state index in [0.29, 0.717) is 23.7 Å². The van der Waals surface area contributed by atoms with Crippen LogP contribution in [0.15, 0.2) is 23.8 Å². The lowest BCUT2D eigenvalue weighted by molar-refractivity contribution is -0.135. The van der Waals surface area contributed by atoms with Crippen molar-refractivity contribution in [3.8, 4) is 17.6 Å². The molecule has 1 rings (SSSR count). The Morgan fingerprint density at radius 3 is 2.44 bits per heavy atom. The van der Waals surface area contributed by atoms with Crippen LogP contribution in [0.25, 0.3) is 6.08 Å². The fourth-order valence-corrected chi connectivity index (χ4v) is 2.24. The summed E-state index contributed by atoms with van der Waals surface area (Å²) in [7, 11) is 3.32. The fraction of sp³-hybridized carbons (Fsp3) is 0.450. The Hall–Kier alpha value is -3.01. The van der Waals surface area contributed by atoms with E-state index in [1.165, 1.54) is 11.0 Å². The van der Waals surface area contributed by atoms with E-state index in [9.17, 15) is 14.9 Å². The number of hydrogen-bond acceptors (Lipinski definition) is 5. The highest BCUT2D eigenvalue weighted by molar-refractivity contribution is 6.01. The molecule has 1 aromatic rings. The molecule has 0 aliphatic heterocycles. The van der Waals surface area contributed by atoms with Crippen LogP contribution in [0.5, 0.6) is 11.5 Å². The van der Waals surface area contributed by atoms with Crippen LogP contribution in [0.1, 0.15) is 33.3 Å². The average Bonchev–Trinajstić information content (AvgIpc) is 2.60. The predicted octanol–water partition coefficient (Wildman–Crippen LogP) is 2.37. The molecule has 0 fully saturated rings. The highest BCUT2D eigenvalue weighted by Gasteiger charge is 2.19. The summed E-state index contributed by atoms with van der Waals surface area (Å²) in [5.74, 6) is 0.252. The number of hydrogen-bond donors (Lipinski definition) is 1. The first kappa shape index (κ1) is 22.0. The van der Waals surface area contributed by atoms with Crippen LogP contribution in [0.4, 0.5) is 0 Å². The first-order valence-corrected chi connectivity index (χ1v) is 8.76. The molecular formula is C20H27N3O4. The van der Waals surface area contributed by atoms with E-state index in [0.717, 1.165) is 0 Å². The number of nitrogens with one attached hydrogen (secondary N) is 1. The molecule has 1 N–H and O–H groups in total. The normalized spacial score (nSPS) is 12.1. The molecule has 7 nitrogen and oxygen atoms in total. The molecule has 1 aromatic carbocycles. The van der Waals surface area contributed by atoms with Crippen LogP contribution in [-0.2, 0) is 9.59 Å². The molecule has 0 spiro atoms. The second-order valence-corrected chi connectivity index (χ2v) is 6.43. The lowest BCUT2D eigenvalue weighted by atomic mass is 10.1. The number of rotatable bonds is 8. The molecule has 0 aromatic heterocycles. The van der Waals surface area contributed by atoms with E-state index < -0.39 is 12.0 Å². The number of carbonyl (C=O) groups is 2. The van der Waals surface area contributed by atoms with E-state index in [1.807, 2.05) is 26.8 Å². The fourth-order valence-electron chi connectivity index (χ4n) is 2.24. The third-order valence-electron chi connectivity index (χ3n) is 3.46. The molecule has 7 heteroatoms. The monoisotopic (exact) mass is 373 g/mol. The Labute approximate surface area is 160 Å². The van der Waals surface area contributed by atoms with Crippen molar-refractivity contribution < 1.29 is 19.1 Å². The Morgan fingerprint density at radius 1 is 1.26 bits per heavy atom. The van der Waals surface area contributed by atoms with Crippen LogP contribution in [-0.4, -0.2) is 49.6 Å². The van der Waals surface area contributed by atoms with Gasteiger partial charge in [0.25, 0.3) is 11.8 Å². The highest BCUT2D eigenvalue weighted by atomic mass is 16.5. The largest absolute Gasteiger partial charge is 0.490 e. The van der Waals surface area contributed by atoms with E-state index >= 15 is 0 Å². The van der Waals surface area contributed by atoms with Gasteiger partial charge < -0.3 is 19.7 Å². The standard InChI is InChI=1S/C20H27N3O4/c1-7-26-18-11-15(10-16(12-21)19(24)22-13(2)3)8-9-17(18)27-14(4)20(25)23(5)6/h8-11,13-14H,7H2,1-6H3,(H,22,24)/b16-10+/t14-/m1/s1. The van der Waals surface area contributed by atoms with Gasteiger partial charge in [0.15, 0.2) is 17.6 Å². The average molecular weight is 373 g/mol. The molecule has 0 saturated carbocycles. The van der Waals surface area contributed by atoms with E-state index in [2.05, 4.69) is 5.32 Å². The van der Waals surface area contributed by atoms with Gasteiger partial charge in [0.2, 0.25) is 0 Å². The summed E-state index contributed by atoms with van der Waals surface area (Å²) in [6.45, 7) is 7.54. The molecule has 0 saturated heterocycles. The molecule has 0 bridgehead atoms. The summed E-state index contributed by atoms with van der Waals surface area (Å²) >= 11 is 0. The quantitative estimate of drug-likeness (QED) is 0.558. The molecule has 0 aliphatic carbocycles. The molecule has 0 radical (unpaired) electrons. The number of nitrogens with zero attached hydrogens (tertiary/aromatic N) is 2. The van der Waals surface area contributed by atoms with Gasteiger partial charge in [-0.3, -0.25) is 9.59 Å². The maximum Gasteiger partial charge on any atom is 0.262 e. The molecular weight excluding hydrogens is 346 g/mol. The molecule has 2 amide bonds. The van der Waals surface area contributed by atoms with Gasteiger partial charge in [-0.1, -0.05) is 6.07 Å². The first-order valence-electron chi connectivity index (χ1n) is 8.76. The summed E-state index contributed by atoms with van der Waals surface area (Å²) in [5, 5.41) is 11.9. The van der Waals surface area contributed by atoms with Crippen LogP contribution >= 0.6 is 0 Å². The summed E-state index contributed by atoms with van der Waals surface area (Å²) in [4.78, 5) is 25.5. The smallest absolute Gasteiger partial charge is 0.262 e. The Bertz CT molecular complexity index is 748. The topological polar surface area (TPSA) is 91.7 Å². The van der Waals surface area contributed by atoms with Crippen molar-refractivity contribution in [3.63, 3.8) is 0 Å². The maximum atomic E-state index is 12.1. The summed E-state index contributed by atoms with van der Waals surface area (Å²) < 4.78 is 11.3. The summed E-state index contributed by atoms with van der Waals surface area (Å²) in [5.41, 5.74) is 0.615. The number of benzene rings is 1. The predicted molar refractivity (Wildman–Crippen MR) is 103 cm³/mol. The van der Waals surface area contributed by atoms with Gasteiger partial charge in [-0.05, 0) is 51.5 Å². The van der Waals surface area contributed by atoms with Gasteiger partial charge in [0.1, 0.15) is 11.6 Å². The minimum absolute atomic E-state index is 0.00373. The van der Waals surface area contributed by atoms with Crippen LogP contribution < -0.4 is 14.8 Å². The zero-order valence-electron chi connectivity index (χ0n) is 16.7. The van der Waals surface area contributed by atoms with E-state index in [4.69, 9.17) is 9.47 Å². The number of carbonyl (C=O) groups excluding carboxylic acids is 2. The molecule has 1 atom stereocenters. The zero-order chi connectivity index (χ0) is 20.6. The van der Waals surface area contributed by atoms with Crippen molar-refractivity contribution in [2.45, 2.75) is 39.8 Å². The van der Waals surface area contributed by atoms with Crippen LogP contribution in [0, 0.1) is 11.3 Å². The third-order valence-corrected chi connectivity index (χ3v) is 3.46. The van der Waals surface area contributed by atoms with Crippen LogP contribution in [0.2, 0.25) is 0 Å². The maximum absolute atomic E-state index is 12.1. The number of ether oxygens (including phenoxy) is 2. The first-order chi connectivity index (χ1) is 12.7. The van der Waals surface area contributed by atoms with Gasteiger partial charge in [-0.2, -0.15) is 5.26 Å². The van der Waals surface area contributed by atoms with Crippen LogP contribution in [0.3, 0.4) is 0 Å². The van der Waals surface area contributed by atoms with Crippen molar-refractivity contribution in [2.75, 3.05) is 20.7 Å². The Kier molecular flexibility index (Phi) is 8.34. The van der Waals surface area contributed by atoms with Crippen molar-refractivity contribution in [2.24, 2.45) is 0 Å². The lowest BCUT2D eigenvalue weighted by Gasteiger charge is -2.20. The lowest BCUT2D eigenvalue weighted by Crippen LogP contribution is -2.35. The second-order valence-electron chi connectivity index (χ2n) is 6.43. The van der Waals surface area contributed by atoms with Crippen molar-refractivity contribution >= 4 is 17.9 Å². The number of likely N-dealkylation sites (N-methyl/N-ethyl adjacent to an activating group) is 1. The third kappa shape index (κ3) is 6.66. The molecule has 0 heterocycles. The second kappa shape index (κ2) is 10.2. The van der Waals surface area contributed by atoms with Gasteiger partial charge in [-0.25, -0.2) is 0 Å². The van der Waals surface area contributed by atoms with Gasteiger partial charge >= 0.3 is 0 Å². The Balaban J connectivity index is 3.14. The number of amides is 2. The van der Waals surface area contributed by atoms with E-state index in [1.54, 1.807) is 39.2 Å². The summed E-state index contributed by atoms with van der Waals surface area (Å²) in [6.07, 6.45) is 0.811. The van der Waals surface area contributed by atoms with Crippen molar-refractivity contribution in [1.29, 1.82) is 5.26 Å². The minimum atomic E-state index is -0.674. The molecule has 0 unspecified atom stereocenters. The van der Waals surface area contributed by atoms with Crippen molar-refractivity contribution in [1.82, 2.24) is 10.2 Å². The van der Waals surface area contributed by atoms with Gasteiger partial charge in [0.05, 0.1) is 6.61 Å². The van der Waals surface area contributed by atoms with Crippen molar-refractivity contribution in [3.05, 3.63) is 29.3 Å². The highest BCUT2D eigenvalue weighted by Crippen LogP contribution is 2.30. The number of nitriles is 1. The zero-order valence-corrected chi connectivity index (χ0v) is 16.7. The SMILES string of the molecule is CCOc1cc(/C=C(\C#N)C(=O)NC(C)C)ccc1O[C@H](C)C(=O)N(C)C. The molecule has 0 aliphatic rings.